The predicted molar refractivity (Wildman–Crippen MR) is 117 cm³/mol. The van der Waals surface area contributed by atoms with Crippen molar-refractivity contribution in [3.05, 3.63) is 70.0 Å². The molecule has 0 spiro atoms. The zero-order valence-electron chi connectivity index (χ0n) is 15.8. The summed E-state index contributed by atoms with van der Waals surface area (Å²) in [7, 11) is -3.71. The first kappa shape index (κ1) is 22.1. The molecular formula is C19H20Cl2N4O2S2. The van der Waals surface area contributed by atoms with Crippen molar-refractivity contribution in [3.63, 3.8) is 0 Å². The van der Waals surface area contributed by atoms with Gasteiger partial charge in [-0.05, 0) is 55.8 Å². The van der Waals surface area contributed by atoms with Crippen molar-refractivity contribution < 1.29 is 8.42 Å². The molecule has 0 aliphatic rings. The number of benzene rings is 2. The fourth-order valence-corrected chi connectivity index (χ4v) is 5.26. The van der Waals surface area contributed by atoms with Gasteiger partial charge in [0.1, 0.15) is 0 Å². The Morgan fingerprint density at radius 2 is 1.83 bits per heavy atom. The minimum absolute atomic E-state index is 0.145. The first-order valence-electron chi connectivity index (χ1n) is 8.88. The van der Waals surface area contributed by atoms with Crippen LogP contribution in [0.1, 0.15) is 31.3 Å². The molecule has 6 nitrogen and oxygen atoms in total. The van der Waals surface area contributed by atoms with E-state index in [9.17, 15) is 8.42 Å². The molecule has 2 aromatic carbocycles. The Balaban J connectivity index is 1.75. The molecule has 0 unspecified atom stereocenters. The number of hydrogen-bond donors (Lipinski definition) is 1. The summed E-state index contributed by atoms with van der Waals surface area (Å²) < 4.78 is 29.9. The molecule has 0 aliphatic heterocycles. The third kappa shape index (κ3) is 5.52. The molecule has 0 radical (unpaired) electrons. The molecule has 0 bridgehead atoms. The first-order valence-corrected chi connectivity index (χ1v) is 12.1. The van der Waals surface area contributed by atoms with Crippen molar-refractivity contribution in [1.29, 1.82) is 0 Å². The van der Waals surface area contributed by atoms with E-state index in [4.69, 9.17) is 23.2 Å². The van der Waals surface area contributed by atoms with Gasteiger partial charge >= 0.3 is 0 Å². The highest BCUT2D eigenvalue weighted by molar-refractivity contribution is 7.98. The summed E-state index contributed by atoms with van der Waals surface area (Å²) in [4.78, 5) is 0.145. The zero-order chi connectivity index (χ0) is 21.0. The summed E-state index contributed by atoms with van der Waals surface area (Å²) >= 11 is 13.4. The van der Waals surface area contributed by atoms with E-state index in [0.717, 1.165) is 10.7 Å². The monoisotopic (exact) mass is 470 g/mol. The molecule has 3 aromatic rings. The molecule has 0 aliphatic carbocycles. The lowest BCUT2D eigenvalue weighted by atomic mass is 10.2. The van der Waals surface area contributed by atoms with E-state index in [1.54, 1.807) is 19.1 Å². The number of nitrogens with one attached hydrogen (secondary N) is 1. The van der Waals surface area contributed by atoms with Crippen LogP contribution in [0.4, 0.5) is 0 Å². The SMILES string of the molecule is CCn1c(SCc2cccc(Cl)c2)nnc1[C@@H](C)NS(=O)(=O)c1ccc(Cl)cc1. The Morgan fingerprint density at radius 3 is 2.48 bits per heavy atom. The van der Waals surface area contributed by atoms with Gasteiger partial charge in [-0.15, -0.1) is 10.2 Å². The number of hydrogen-bond acceptors (Lipinski definition) is 5. The molecule has 0 saturated heterocycles. The van der Waals surface area contributed by atoms with E-state index in [1.807, 2.05) is 35.8 Å². The van der Waals surface area contributed by atoms with Crippen LogP contribution in [0.25, 0.3) is 0 Å². The Kier molecular flexibility index (Phi) is 7.23. The van der Waals surface area contributed by atoms with Crippen LogP contribution in [-0.2, 0) is 22.3 Å². The molecule has 3 rings (SSSR count). The van der Waals surface area contributed by atoms with Gasteiger partial charge in [-0.2, -0.15) is 0 Å². The average Bonchev–Trinajstić information content (AvgIpc) is 3.09. The fraction of sp³-hybridized carbons (Fsp3) is 0.263. The zero-order valence-corrected chi connectivity index (χ0v) is 19.0. The third-order valence-corrected chi connectivity index (χ3v) is 7.24. The largest absolute Gasteiger partial charge is 0.305 e. The third-order valence-electron chi connectivity index (χ3n) is 4.16. The van der Waals surface area contributed by atoms with Gasteiger partial charge in [0, 0.05) is 22.3 Å². The maximum absolute atomic E-state index is 12.6. The minimum Gasteiger partial charge on any atom is -0.305 e. The number of sulfonamides is 1. The van der Waals surface area contributed by atoms with Gasteiger partial charge in [0.2, 0.25) is 10.0 Å². The van der Waals surface area contributed by atoms with Crippen LogP contribution >= 0.6 is 35.0 Å². The Bertz CT molecular complexity index is 1090. The highest BCUT2D eigenvalue weighted by Gasteiger charge is 2.23. The lowest BCUT2D eigenvalue weighted by Gasteiger charge is -2.15. The van der Waals surface area contributed by atoms with E-state index in [0.29, 0.717) is 28.2 Å². The van der Waals surface area contributed by atoms with Crippen LogP contribution in [0.15, 0.2) is 58.6 Å². The van der Waals surface area contributed by atoms with Gasteiger partial charge in [-0.1, -0.05) is 47.1 Å². The summed E-state index contributed by atoms with van der Waals surface area (Å²) in [5.74, 6) is 1.24. The first-order chi connectivity index (χ1) is 13.8. The Labute approximate surface area is 184 Å². The van der Waals surface area contributed by atoms with Crippen LogP contribution in [-0.4, -0.2) is 23.2 Å². The predicted octanol–water partition coefficient (Wildman–Crippen LogP) is 4.94. The molecule has 1 N–H and O–H groups in total. The highest BCUT2D eigenvalue weighted by Crippen LogP contribution is 2.26. The van der Waals surface area contributed by atoms with Gasteiger partial charge in [-0.25, -0.2) is 13.1 Å². The molecule has 29 heavy (non-hydrogen) atoms. The summed E-state index contributed by atoms with van der Waals surface area (Å²) in [5.41, 5.74) is 1.08. The smallest absolute Gasteiger partial charge is 0.241 e. The lowest BCUT2D eigenvalue weighted by molar-refractivity contribution is 0.539. The molecule has 0 saturated carbocycles. The van der Waals surface area contributed by atoms with Crippen LogP contribution in [0, 0.1) is 0 Å². The molecule has 0 fully saturated rings. The van der Waals surface area contributed by atoms with Gasteiger partial charge < -0.3 is 4.57 Å². The van der Waals surface area contributed by atoms with Gasteiger partial charge in [0.25, 0.3) is 0 Å². The topological polar surface area (TPSA) is 76.9 Å². The molecule has 1 atom stereocenters. The van der Waals surface area contributed by atoms with Crippen LogP contribution in [0.3, 0.4) is 0 Å². The molecule has 1 heterocycles. The Morgan fingerprint density at radius 1 is 1.10 bits per heavy atom. The second-order valence-electron chi connectivity index (χ2n) is 6.30. The van der Waals surface area contributed by atoms with E-state index in [2.05, 4.69) is 14.9 Å². The van der Waals surface area contributed by atoms with Crippen molar-refractivity contribution in [2.45, 2.75) is 42.2 Å². The second kappa shape index (κ2) is 9.49. The maximum atomic E-state index is 12.6. The number of halogens is 2. The molecule has 0 amide bonds. The van der Waals surface area contributed by atoms with Crippen molar-refractivity contribution >= 4 is 45.0 Å². The molecule has 1 aromatic heterocycles. The van der Waals surface area contributed by atoms with E-state index in [1.165, 1.54) is 23.9 Å². The maximum Gasteiger partial charge on any atom is 0.241 e. The van der Waals surface area contributed by atoms with E-state index >= 15 is 0 Å². The summed E-state index contributed by atoms with van der Waals surface area (Å²) in [5, 5.41) is 10.4. The molecule has 154 valence electrons. The normalized spacial score (nSPS) is 12.8. The van der Waals surface area contributed by atoms with Crippen LogP contribution in [0.5, 0.6) is 0 Å². The average molecular weight is 471 g/mol. The second-order valence-corrected chi connectivity index (χ2v) is 9.83. The van der Waals surface area contributed by atoms with Crippen LogP contribution in [0.2, 0.25) is 10.0 Å². The summed E-state index contributed by atoms with van der Waals surface area (Å²) in [6.45, 7) is 4.33. The van der Waals surface area contributed by atoms with E-state index in [-0.39, 0.29) is 4.90 Å². The van der Waals surface area contributed by atoms with Crippen molar-refractivity contribution in [1.82, 2.24) is 19.5 Å². The summed E-state index contributed by atoms with van der Waals surface area (Å²) in [6.07, 6.45) is 0. The Hall–Kier alpha value is -1.58. The van der Waals surface area contributed by atoms with Crippen LogP contribution < -0.4 is 4.72 Å². The van der Waals surface area contributed by atoms with Gasteiger partial charge in [-0.3, -0.25) is 0 Å². The van der Waals surface area contributed by atoms with Crippen molar-refractivity contribution in [2.75, 3.05) is 0 Å². The van der Waals surface area contributed by atoms with Gasteiger partial charge in [0.15, 0.2) is 11.0 Å². The lowest BCUT2D eigenvalue weighted by Crippen LogP contribution is -2.29. The van der Waals surface area contributed by atoms with Gasteiger partial charge in [0.05, 0.1) is 10.9 Å². The number of thioether (sulfide) groups is 1. The molecule has 10 heteroatoms. The van der Waals surface area contributed by atoms with Crippen molar-refractivity contribution in [2.24, 2.45) is 0 Å². The molecular weight excluding hydrogens is 451 g/mol. The standard InChI is InChI=1S/C19H20Cl2N4O2S2/c1-3-25-18(13(2)24-29(26,27)17-9-7-15(20)8-10-17)22-23-19(25)28-12-14-5-4-6-16(21)11-14/h4-11,13,24H,3,12H2,1-2H3/t13-/m1/s1. The minimum atomic E-state index is -3.71. The van der Waals surface area contributed by atoms with E-state index < -0.39 is 16.1 Å². The number of rotatable bonds is 8. The fourth-order valence-electron chi connectivity index (χ4n) is 2.77. The van der Waals surface area contributed by atoms with Crippen molar-refractivity contribution in [3.8, 4) is 0 Å². The summed E-state index contributed by atoms with van der Waals surface area (Å²) in [6, 6.07) is 13.1. The quantitative estimate of drug-likeness (QED) is 0.471. The number of aromatic nitrogens is 3. The highest BCUT2D eigenvalue weighted by atomic mass is 35.5. The number of nitrogens with zero attached hydrogens (tertiary/aromatic N) is 3.